The average Bonchev–Trinajstić information content (AvgIpc) is 3.83. The van der Waals surface area contributed by atoms with Crippen molar-refractivity contribution in [2.45, 2.75) is 0 Å². The highest BCUT2D eigenvalue weighted by Gasteiger charge is 2.25. The maximum absolute atomic E-state index is 6.48. The summed E-state index contributed by atoms with van der Waals surface area (Å²) in [6.45, 7) is 0. The van der Waals surface area contributed by atoms with E-state index < -0.39 is 0 Å². The van der Waals surface area contributed by atoms with Crippen LogP contribution in [0.1, 0.15) is 0 Å². The normalized spacial score (nSPS) is 11.6. The Morgan fingerprint density at radius 2 is 0.946 bits per heavy atom. The fraction of sp³-hybridized carbons (Fsp3) is 0. The van der Waals surface area contributed by atoms with Crippen molar-refractivity contribution in [2.24, 2.45) is 0 Å². The number of nitrogens with zero attached hydrogens (tertiary/aromatic N) is 2. The van der Waals surface area contributed by atoms with Gasteiger partial charge in [-0.15, -0.1) is 11.3 Å². The molecule has 0 aliphatic carbocycles. The second-order valence-electron chi connectivity index (χ2n) is 14.1. The molecule has 0 atom stereocenters. The number of benzene rings is 9. The zero-order valence-electron chi connectivity index (χ0n) is 30.3. The van der Waals surface area contributed by atoms with Crippen molar-refractivity contribution in [1.29, 1.82) is 0 Å². The number of fused-ring (bicyclic) bond motifs is 7. The smallest absolute Gasteiger partial charge is 0.137 e. The minimum Gasteiger partial charge on any atom is -0.456 e. The Morgan fingerprint density at radius 1 is 0.357 bits per heavy atom. The predicted molar refractivity (Wildman–Crippen MR) is 239 cm³/mol. The summed E-state index contributed by atoms with van der Waals surface area (Å²) in [4.78, 5) is 4.83. The van der Waals surface area contributed by atoms with Gasteiger partial charge in [-0.25, -0.2) is 0 Å². The van der Waals surface area contributed by atoms with E-state index in [-0.39, 0.29) is 0 Å². The molecule has 0 spiro atoms. The molecule has 0 bridgehead atoms. The first-order chi connectivity index (χ1) is 27.8. The van der Waals surface area contributed by atoms with Crippen LogP contribution in [0.3, 0.4) is 0 Å². The molecule has 0 unspecified atom stereocenters. The van der Waals surface area contributed by atoms with Crippen LogP contribution in [-0.4, -0.2) is 0 Å². The van der Waals surface area contributed by atoms with E-state index in [4.69, 9.17) is 4.42 Å². The molecule has 2 aromatic heterocycles. The number of anilines is 6. The summed E-state index contributed by atoms with van der Waals surface area (Å²) in [6.07, 6.45) is 0. The van der Waals surface area contributed by atoms with Crippen molar-refractivity contribution in [3.05, 3.63) is 206 Å². The molecule has 11 aromatic rings. The van der Waals surface area contributed by atoms with Gasteiger partial charge >= 0.3 is 0 Å². The number of hydrogen-bond donors (Lipinski definition) is 0. The number of rotatable bonds is 7. The Balaban J connectivity index is 1.23. The van der Waals surface area contributed by atoms with Gasteiger partial charge in [0.1, 0.15) is 11.2 Å². The molecule has 0 saturated heterocycles. The Hall–Kier alpha value is -7.14. The van der Waals surface area contributed by atoms with Crippen molar-refractivity contribution in [3.63, 3.8) is 0 Å². The molecule has 0 amide bonds. The summed E-state index contributed by atoms with van der Waals surface area (Å²) in [5.41, 5.74) is 10.6. The molecular weight excluding hydrogens is 701 g/mol. The SMILES string of the molecule is c1ccc(-c2ccc(N(c3ccccc3)c3cc(N(c4ccccc4)c4cccc5oc6ccccc6c45)c4sc5cc6ccccc6cc5c4c3)cc2)cc1. The van der Waals surface area contributed by atoms with Crippen LogP contribution in [0.4, 0.5) is 34.1 Å². The Kier molecular flexibility index (Phi) is 7.68. The Labute approximate surface area is 328 Å². The average molecular weight is 735 g/mol. The molecule has 4 heteroatoms. The highest BCUT2D eigenvalue weighted by molar-refractivity contribution is 7.26. The standard InChI is InChI=1S/C52H34N2OS/c1-4-15-35(16-5-1)36-27-29-41(30-28-36)53(39-19-6-2-7-20-39)42-33-45-44-31-37-17-10-11-18-38(37)32-50(44)56-52(45)47(34-42)54(40-21-8-3-9-22-40)46-24-14-26-49-51(46)43-23-12-13-25-48(43)55-49/h1-34H. The summed E-state index contributed by atoms with van der Waals surface area (Å²) in [7, 11) is 0. The molecule has 0 saturated carbocycles. The topological polar surface area (TPSA) is 19.6 Å². The van der Waals surface area contributed by atoms with Crippen LogP contribution in [0.25, 0.3) is 64.0 Å². The van der Waals surface area contributed by atoms with E-state index in [2.05, 4.69) is 210 Å². The van der Waals surface area contributed by atoms with Gasteiger partial charge in [-0.2, -0.15) is 0 Å². The van der Waals surface area contributed by atoms with E-state index in [0.29, 0.717) is 0 Å². The van der Waals surface area contributed by atoms with Gasteiger partial charge in [0.15, 0.2) is 0 Å². The second kappa shape index (κ2) is 13.3. The number of furan rings is 1. The lowest BCUT2D eigenvalue weighted by Crippen LogP contribution is -2.13. The molecule has 56 heavy (non-hydrogen) atoms. The van der Waals surface area contributed by atoms with E-state index in [0.717, 1.165) is 56.1 Å². The fourth-order valence-electron chi connectivity index (χ4n) is 8.21. The van der Waals surface area contributed by atoms with E-state index in [1.165, 1.54) is 42.1 Å². The summed E-state index contributed by atoms with van der Waals surface area (Å²) >= 11 is 1.86. The zero-order chi connectivity index (χ0) is 37.0. The number of thiophene rings is 1. The summed E-state index contributed by atoms with van der Waals surface area (Å²) < 4.78 is 8.96. The van der Waals surface area contributed by atoms with Gasteiger partial charge in [-0.1, -0.05) is 127 Å². The summed E-state index contributed by atoms with van der Waals surface area (Å²) in [5, 5.41) is 7.13. The lowest BCUT2D eigenvalue weighted by molar-refractivity contribution is 0.669. The predicted octanol–water partition coefficient (Wildman–Crippen LogP) is 15.7. The molecule has 264 valence electrons. The number of hydrogen-bond acceptors (Lipinski definition) is 4. The first-order valence-electron chi connectivity index (χ1n) is 18.9. The van der Waals surface area contributed by atoms with Gasteiger partial charge in [0.2, 0.25) is 0 Å². The Bertz CT molecular complexity index is 3190. The zero-order valence-corrected chi connectivity index (χ0v) is 31.2. The molecule has 0 aliphatic rings. The molecule has 0 fully saturated rings. The largest absolute Gasteiger partial charge is 0.456 e. The van der Waals surface area contributed by atoms with Gasteiger partial charge in [-0.05, 0) is 101 Å². The molecule has 9 aromatic carbocycles. The Morgan fingerprint density at radius 3 is 1.70 bits per heavy atom. The van der Waals surface area contributed by atoms with E-state index in [1.54, 1.807) is 0 Å². The van der Waals surface area contributed by atoms with Crippen molar-refractivity contribution in [2.75, 3.05) is 9.80 Å². The molecular formula is C52H34N2OS. The van der Waals surface area contributed by atoms with Crippen LogP contribution >= 0.6 is 11.3 Å². The highest BCUT2D eigenvalue weighted by atomic mass is 32.1. The van der Waals surface area contributed by atoms with E-state index in [9.17, 15) is 0 Å². The van der Waals surface area contributed by atoms with Crippen LogP contribution < -0.4 is 9.80 Å². The van der Waals surface area contributed by atoms with Crippen LogP contribution in [-0.2, 0) is 0 Å². The number of para-hydroxylation sites is 3. The maximum Gasteiger partial charge on any atom is 0.137 e. The van der Waals surface area contributed by atoms with Crippen molar-refractivity contribution in [1.82, 2.24) is 0 Å². The quantitative estimate of drug-likeness (QED) is 0.163. The van der Waals surface area contributed by atoms with Crippen molar-refractivity contribution in [3.8, 4) is 11.1 Å². The molecule has 3 nitrogen and oxygen atoms in total. The lowest BCUT2D eigenvalue weighted by atomic mass is 10.0. The van der Waals surface area contributed by atoms with Gasteiger partial charge < -0.3 is 14.2 Å². The second-order valence-corrected chi connectivity index (χ2v) is 15.2. The molecule has 0 radical (unpaired) electrons. The first kappa shape index (κ1) is 32.3. The van der Waals surface area contributed by atoms with Crippen molar-refractivity contribution >= 4 is 98.3 Å². The van der Waals surface area contributed by atoms with Crippen LogP contribution in [0, 0.1) is 0 Å². The minimum atomic E-state index is 0.865. The third kappa shape index (κ3) is 5.42. The monoisotopic (exact) mass is 734 g/mol. The third-order valence-electron chi connectivity index (χ3n) is 10.8. The van der Waals surface area contributed by atoms with Gasteiger partial charge in [-0.3, -0.25) is 0 Å². The molecule has 0 aliphatic heterocycles. The minimum absolute atomic E-state index is 0.865. The molecule has 11 rings (SSSR count). The van der Waals surface area contributed by atoms with Gasteiger partial charge in [0.25, 0.3) is 0 Å². The molecule has 0 N–H and O–H groups in total. The maximum atomic E-state index is 6.48. The van der Waals surface area contributed by atoms with Crippen molar-refractivity contribution < 1.29 is 4.42 Å². The van der Waals surface area contributed by atoms with E-state index >= 15 is 0 Å². The van der Waals surface area contributed by atoms with Gasteiger partial charge in [0, 0.05) is 43.6 Å². The third-order valence-corrected chi connectivity index (χ3v) is 12.0. The van der Waals surface area contributed by atoms with Crippen LogP contribution in [0.5, 0.6) is 0 Å². The molecule has 2 heterocycles. The first-order valence-corrected chi connectivity index (χ1v) is 19.7. The van der Waals surface area contributed by atoms with E-state index in [1.807, 2.05) is 17.4 Å². The fourth-order valence-corrected chi connectivity index (χ4v) is 9.43. The van der Waals surface area contributed by atoms with Gasteiger partial charge in [0.05, 0.1) is 21.5 Å². The summed E-state index contributed by atoms with van der Waals surface area (Å²) in [5.74, 6) is 0. The lowest BCUT2D eigenvalue weighted by Gasteiger charge is -2.30. The van der Waals surface area contributed by atoms with Crippen LogP contribution in [0.15, 0.2) is 211 Å². The van der Waals surface area contributed by atoms with Crippen LogP contribution in [0.2, 0.25) is 0 Å². The highest BCUT2D eigenvalue weighted by Crippen LogP contribution is 2.51. The summed E-state index contributed by atoms with van der Waals surface area (Å²) in [6, 6.07) is 73.9.